The molecule has 0 fully saturated rings. The fraction of sp³-hybridized carbons (Fsp3) is 0.429. The molecule has 2 nitrogen and oxygen atoms in total. The normalized spacial score (nSPS) is 8.56. The maximum absolute atomic E-state index is 4.38. The summed E-state index contributed by atoms with van der Waals surface area (Å²) in [6, 6.07) is 8.02. The van der Waals surface area contributed by atoms with Crippen LogP contribution < -0.4 is 0 Å². The van der Waals surface area contributed by atoms with Crippen LogP contribution in [-0.2, 0) is 6.42 Å². The lowest BCUT2D eigenvalue weighted by Crippen LogP contribution is -1.91. The zero-order valence-corrected chi connectivity index (χ0v) is 11.0. The number of nitrogens with zero attached hydrogens (tertiary/aromatic N) is 2. The molecule has 0 aliphatic carbocycles. The van der Waals surface area contributed by atoms with E-state index >= 15 is 0 Å². The van der Waals surface area contributed by atoms with Crippen LogP contribution in [-0.4, -0.2) is 9.97 Å². The van der Waals surface area contributed by atoms with Gasteiger partial charge in [-0.1, -0.05) is 52.8 Å². The molecule has 0 radical (unpaired) electrons. The van der Waals surface area contributed by atoms with E-state index in [-0.39, 0.29) is 0 Å². The summed E-state index contributed by atoms with van der Waals surface area (Å²) >= 11 is 0. The summed E-state index contributed by atoms with van der Waals surface area (Å²) in [5.74, 6) is 0.911. The van der Waals surface area contributed by atoms with Crippen molar-refractivity contribution >= 4 is 10.9 Å². The highest BCUT2D eigenvalue weighted by Crippen LogP contribution is 2.09. The molecule has 0 unspecified atom stereocenters. The minimum absolute atomic E-state index is 0.894. The number of benzene rings is 1. The van der Waals surface area contributed by atoms with Crippen LogP contribution in [0.3, 0.4) is 0 Å². The van der Waals surface area contributed by atoms with E-state index in [1.165, 1.54) is 0 Å². The highest BCUT2D eigenvalue weighted by Gasteiger charge is 1.95. The Labute approximate surface area is 98.8 Å². The first-order valence-corrected chi connectivity index (χ1v) is 6.11. The molecule has 2 aromatic rings. The maximum atomic E-state index is 4.38. The summed E-state index contributed by atoms with van der Waals surface area (Å²) < 4.78 is 0. The molecule has 0 saturated carbocycles. The van der Waals surface area contributed by atoms with Gasteiger partial charge in [-0.15, -0.1) is 0 Å². The van der Waals surface area contributed by atoms with Crippen molar-refractivity contribution < 1.29 is 0 Å². The Morgan fingerprint density at radius 3 is 2.25 bits per heavy atom. The zero-order valence-electron chi connectivity index (χ0n) is 11.0. The average Bonchev–Trinajstić information content (AvgIpc) is 2.42. The van der Waals surface area contributed by atoms with E-state index in [0.29, 0.717) is 0 Å². The lowest BCUT2D eigenvalue weighted by atomic mass is 10.2. The van der Waals surface area contributed by atoms with Crippen molar-refractivity contribution in [3.05, 3.63) is 36.3 Å². The van der Waals surface area contributed by atoms with Crippen LogP contribution in [0.2, 0.25) is 0 Å². The van der Waals surface area contributed by atoms with E-state index in [1.54, 1.807) is 0 Å². The molecule has 0 spiro atoms. The van der Waals surface area contributed by atoms with Crippen molar-refractivity contribution in [2.24, 2.45) is 0 Å². The van der Waals surface area contributed by atoms with Crippen LogP contribution in [0.4, 0.5) is 0 Å². The monoisotopic (exact) mass is 218 g/mol. The van der Waals surface area contributed by atoms with E-state index in [0.717, 1.165) is 23.1 Å². The third-order valence-corrected chi connectivity index (χ3v) is 1.86. The molecular weight excluding hydrogens is 196 g/mol. The lowest BCUT2D eigenvalue weighted by Gasteiger charge is -1.97. The molecule has 0 atom stereocenters. The smallest absolute Gasteiger partial charge is 0.128 e. The van der Waals surface area contributed by atoms with E-state index in [4.69, 9.17) is 0 Å². The van der Waals surface area contributed by atoms with E-state index in [2.05, 4.69) is 16.9 Å². The summed E-state index contributed by atoms with van der Waals surface area (Å²) in [6.07, 6.45) is 2.77. The second kappa shape index (κ2) is 8.84. The van der Waals surface area contributed by atoms with Gasteiger partial charge in [-0.3, -0.25) is 0 Å². The van der Waals surface area contributed by atoms with Crippen LogP contribution in [0.1, 0.15) is 40.4 Å². The van der Waals surface area contributed by atoms with Gasteiger partial charge in [0.25, 0.3) is 0 Å². The Hall–Kier alpha value is -1.44. The molecule has 0 aliphatic rings. The fourth-order valence-electron chi connectivity index (χ4n) is 1.18. The van der Waals surface area contributed by atoms with Crippen LogP contribution in [0.15, 0.2) is 30.5 Å². The standard InChI is InChI=1S/C10H10N2.2C2H6/c1-2-10-11-7-8-5-3-4-6-9(8)12-10;2*1-2/h3-7H,2H2,1H3;2*1-2H3. The average molecular weight is 218 g/mol. The Bertz CT molecular complexity index is 397. The van der Waals surface area contributed by atoms with Gasteiger partial charge in [0.05, 0.1) is 5.52 Å². The van der Waals surface area contributed by atoms with Gasteiger partial charge < -0.3 is 0 Å². The number of para-hydroxylation sites is 1. The van der Waals surface area contributed by atoms with Gasteiger partial charge in [0.2, 0.25) is 0 Å². The van der Waals surface area contributed by atoms with Gasteiger partial charge in [-0.05, 0) is 6.07 Å². The first-order valence-electron chi connectivity index (χ1n) is 6.11. The molecule has 2 rings (SSSR count). The lowest BCUT2D eigenvalue weighted by molar-refractivity contribution is 0.961. The second-order valence-corrected chi connectivity index (χ2v) is 2.70. The number of aromatic nitrogens is 2. The van der Waals surface area contributed by atoms with Crippen molar-refractivity contribution in [2.75, 3.05) is 0 Å². The highest BCUT2D eigenvalue weighted by atomic mass is 14.9. The van der Waals surface area contributed by atoms with Gasteiger partial charge in [0, 0.05) is 18.0 Å². The predicted molar refractivity (Wildman–Crippen MR) is 71.6 cm³/mol. The van der Waals surface area contributed by atoms with Gasteiger partial charge in [0.1, 0.15) is 5.82 Å². The van der Waals surface area contributed by atoms with Crippen molar-refractivity contribution in [1.82, 2.24) is 9.97 Å². The van der Waals surface area contributed by atoms with E-state index in [9.17, 15) is 0 Å². The number of fused-ring (bicyclic) bond motifs is 1. The number of aryl methyl sites for hydroxylation is 1. The molecule has 88 valence electrons. The molecule has 0 bridgehead atoms. The van der Waals surface area contributed by atoms with Gasteiger partial charge >= 0.3 is 0 Å². The van der Waals surface area contributed by atoms with Crippen molar-refractivity contribution in [3.63, 3.8) is 0 Å². The molecule has 1 aromatic carbocycles. The third-order valence-electron chi connectivity index (χ3n) is 1.86. The minimum atomic E-state index is 0.894. The summed E-state index contributed by atoms with van der Waals surface area (Å²) in [5, 5.41) is 1.11. The molecule has 16 heavy (non-hydrogen) atoms. The fourth-order valence-corrected chi connectivity index (χ4v) is 1.18. The first kappa shape index (κ1) is 14.6. The Kier molecular flexibility index (Phi) is 8.04. The van der Waals surface area contributed by atoms with E-state index in [1.807, 2.05) is 58.2 Å². The van der Waals surface area contributed by atoms with Crippen LogP contribution in [0, 0.1) is 0 Å². The number of rotatable bonds is 1. The molecule has 0 aliphatic heterocycles. The topological polar surface area (TPSA) is 25.8 Å². The van der Waals surface area contributed by atoms with Crippen LogP contribution in [0.5, 0.6) is 0 Å². The first-order chi connectivity index (χ1) is 7.90. The quantitative estimate of drug-likeness (QED) is 0.715. The van der Waals surface area contributed by atoms with Crippen LogP contribution in [0.25, 0.3) is 10.9 Å². The highest BCUT2D eigenvalue weighted by molar-refractivity contribution is 5.77. The molecule has 0 saturated heterocycles. The number of hydrogen-bond acceptors (Lipinski definition) is 2. The van der Waals surface area contributed by atoms with Gasteiger partial charge in [-0.2, -0.15) is 0 Å². The second-order valence-electron chi connectivity index (χ2n) is 2.70. The Morgan fingerprint density at radius 1 is 1.00 bits per heavy atom. The Balaban J connectivity index is 0.000000509. The number of hydrogen-bond donors (Lipinski definition) is 0. The predicted octanol–water partition coefficient (Wildman–Crippen LogP) is 4.24. The summed E-state index contributed by atoms with van der Waals surface area (Å²) in [5.41, 5.74) is 1.03. The summed E-state index contributed by atoms with van der Waals surface area (Å²) in [4.78, 5) is 8.60. The third kappa shape index (κ3) is 3.97. The SMILES string of the molecule is CC.CC.CCc1ncc2ccccc2n1. The zero-order chi connectivity index (χ0) is 12.4. The van der Waals surface area contributed by atoms with Gasteiger partial charge in [0.15, 0.2) is 0 Å². The molecule has 0 N–H and O–H groups in total. The van der Waals surface area contributed by atoms with Crippen molar-refractivity contribution in [2.45, 2.75) is 41.0 Å². The summed E-state index contributed by atoms with van der Waals surface area (Å²) in [6.45, 7) is 10.1. The molecular formula is C14H22N2. The Morgan fingerprint density at radius 2 is 1.62 bits per heavy atom. The van der Waals surface area contributed by atoms with Gasteiger partial charge in [-0.25, -0.2) is 9.97 Å². The van der Waals surface area contributed by atoms with Crippen LogP contribution >= 0.6 is 0 Å². The van der Waals surface area contributed by atoms with Crippen molar-refractivity contribution in [1.29, 1.82) is 0 Å². The molecule has 1 aromatic heterocycles. The maximum Gasteiger partial charge on any atom is 0.128 e. The summed E-state index contributed by atoms with van der Waals surface area (Å²) in [7, 11) is 0. The van der Waals surface area contributed by atoms with E-state index < -0.39 is 0 Å². The van der Waals surface area contributed by atoms with Crippen molar-refractivity contribution in [3.8, 4) is 0 Å². The molecule has 2 heteroatoms. The molecule has 0 amide bonds. The molecule has 1 heterocycles. The largest absolute Gasteiger partial charge is 0.241 e. The minimum Gasteiger partial charge on any atom is -0.241 e.